The van der Waals surface area contributed by atoms with Gasteiger partial charge in [-0.3, -0.25) is 19.1 Å². The molecule has 1 aromatic carbocycles. The van der Waals surface area contributed by atoms with Crippen molar-refractivity contribution in [2.24, 2.45) is 5.92 Å². The van der Waals surface area contributed by atoms with Crippen molar-refractivity contribution in [1.29, 1.82) is 0 Å². The molecule has 3 N–H and O–H groups in total. The van der Waals surface area contributed by atoms with Gasteiger partial charge in [-0.2, -0.15) is 5.10 Å². The Morgan fingerprint density at radius 1 is 1.19 bits per heavy atom. The van der Waals surface area contributed by atoms with Crippen molar-refractivity contribution in [1.82, 2.24) is 29.3 Å². The average Bonchev–Trinajstić information content (AvgIpc) is 3.20. The largest absolute Gasteiger partial charge is 0.384 e. The topological polar surface area (TPSA) is 142 Å². The molecule has 0 bridgehead atoms. The molecule has 0 saturated heterocycles. The molecule has 0 spiro atoms. The van der Waals surface area contributed by atoms with Gasteiger partial charge in [-0.15, -0.1) is 0 Å². The normalized spacial score (nSPS) is 11.3. The highest BCUT2D eigenvalue weighted by Gasteiger charge is 2.21. The molecule has 164 valence electrons. The second kappa shape index (κ2) is 8.79. The predicted octanol–water partition coefficient (Wildman–Crippen LogP) is 1.88. The van der Waals surface area contributed by atoms with E-state index in [2.05, 4.69) is 20.1 Å². The fourth-order valence-electron chi connectivity index (χ4n) is 3.31. The van der Waals surface area contributed by atoms with E-state index in [1.165, 1.54) is 10.9 Å². The smallest absolute Gasteiger partial charge is 0.329 e. The first-order valence-electron chi connectivity index (χ1n) is 9.89. The van der Waals surface area contributed by atoms with Crippen LogP contribution in [-0.4, -0.2) is 40.8 Å². The van der Waals surface area contributed by atoms with Crippen LogP contribution in [0.25, 0.3) is 16.7 Å². The van der Waals surface area contributed by atoms with Gasteiger partial charge in [0.25, 0.3) is 5.56 Å². The van der Waals surface area contributed by atoms with Crippen LogP contribution in [0.1, 0.15) is 24.2 Å². The highest BCUT2D eigenvalue weighted by Crippen LogP contribution is 2.26. The van der Waals surface area contributed by atoms with Crippen LogP contribution >= 0.6 is 11.8 Å². The van der Waals surface area contributed by atoms with Gasteiger partial charge >= 0.3 is 5.69 Å². The summed E-state index contributed by atoms with van der Waals surface area (Å²) < 4.78 is 2.91. The van der Waals surface area contributed by atoms with Crippen molar-refractivity contribution in [3.05, 3.63) is 69.3 Å². The maximum absolute atomic E-state index is 12.9. The molecule has 0 unspecified atom stereocenters. The second-order valence-electron chi connectivity index (χ2n) is 7.54. The van der Waals surface area contributed by atoms with E-state index in [1.54, 1.807) is 10.9 Å². The summed E-state index contributed by atoms with van der Waals surface area (Å²) in [4.78, 5) is 48.1. The average molecular weight is 452 g/mol. The number of nitrogens with two attached hydrogens (primary N) is 1. The van der Waals surface area contributed by atoms with Gasteiger partial charge in [-0.25, -0.2) is 19.4 Å². The van der Waals surface area contributed by atoms with Gasteiger partial charge in [0.05, 0.1) is 23.0 Å². The first kappa shape index (κ1) is 21.5. The number of Topliss-reactive ketones (excluding diaryl/α,β-unsaturated/α-hetero) is 1. The second-order valence-corrected chi connectivity index (χ2v) is 8.51. The molecule has 3 heterocycles. The molecule has 3 aromatic heterocycles. The molecule has 0 aliphatic carbocycles. The Kier molecular flexibility index (Phi) is 5.91. The fraction of sp³-hybridized carbons (Fsp3) is 0.238. The lowest BCUT2D eigenvalue weighted by Gasteiger charge is -2.13. The number of H-pyrrole nitrogens is 1. The van der Waals surface area contributed by atoms with E-state index in [0.717, 1.165) is 17.4 Å². The highest BCUT2D eigenvalue weighted by molar-refractivity contribution is 8.00. The summed E-state index contributed by atoms with van der Waals surface area (Å²) in [6.45, 7) is 4.11. The van der Waals surface area contributed by atoms with Crippen LogP contribution in [0, 0.1) is 5.92 Å². The zero-order chi connectivity index (χ0) is 22.8. The molecule has 0 fully saturated rings. The zero-order valence-electron chi connectivity index (χ0n) is 17.5. The van der Waals surface area contributed by atoms with Crippen LogP contribution in [0.4, 0.5) is 5.82 Å². The zero-order valence-corrected chi connectivity index (χ0v) is 18.3. The van der Waals surface area contributed by atoms with Gasteiger partial charge in [-0.05, 0) is 18.1 Å². The number of hydrogen-bond donors (Lipinski definition) is 2. The Balaban J connectivity index is 1.62. The monoisotopic (exact) mass is 451 g/mol. The summed E-state index contributed by atoms with van der Waals surface area (Å²) in [5.74, 6) is -0.597. The third-order valence-corrected chi connectivity index (χ3v) is 5.74. The molecule has 0 saturated carbocycles. The molecule has 0 aliphatic rings. The summed E-state index contributed by atoms with van der Waals surface area (Å²) in [5.41, 5.74) is 5.85. The number of aromatic nitrogens is 6. The lowest BCUT2D eigenvalue weighted by Crippen LogP contribution is -2.37. The molecule has 0 aliphatic heterocycles. The molecular formula is C21H21N7O3S. The molecule has 11 heteroatoms. The van der Waals surface area contributed by atoms with Crippen molar-refractivity contribution in [3.63, 3.8) is 0 Å². The van der Waals surface area contributed by atoms with Crippen molar-refractivity contribution in [2.75, 3.05) is 11.5 Å². The molecule has 0 atom stereocenters. The number of aromatic amines is 1. The minimum absolute atomic E-state index is 0.0875. The minimum atomic E-state index is -0.789. The minimum Gasteiger partial charge on any atom is -0.384 e. The summed E-state index contributed by atoms with van der Waals surface area (Å²) in [6.07, 6.45) is 3.04. The number of nitrogens with zero attached hydrogens (tertiary/aromatic N) is 5. The van der Waals surface area contributed by atoms with Crippen LogP contribution in [0.15, 0.2) is 57.5 Å². The number of thioether (sulfide) groups is 1. The van der Waals surface area contributed by atoms with Gasteiger partial charge in [0.1, 0.15) is 22.7 Å². The summed E-state index contributed by atoms with van der Waals surface area (Å²) in [7, 11) is 0. The van der Waals surface area contributed by atoms with Gasteiger partial charge in [0.2, 0.25) is 0 Å². The van der Waals surface area contributed by atoms with Crippen molar-refractivity contribution in [3.8, 4) is 5.69 Å². The molecule has 10 nitrogen and oxygen atoms in total. The van der Waals surface area contributed by atoms with E-state index in [0.29, 0.717) is 22.6 Å². The SMILES string of the molecule is CC(C)Cn1c(N)c(C(=O)CSc2ncnc3c2cnn3-c2ccccc2)c(=O)[nH]c1=O. The first-order valence-corrected chi connectivity index (χ1v) is 10.9. The Labute approximate surface area is 186 Å². The number of fused-ring (bicyclic) bond motifs is 1. The molecule has 32 heavy (non-hydrogen) atoms. The first-order chi connectivity index (χ1) is 15.4. The molecule has 4 aromatic rings. The van der Waals surface area contributed by atoms with Crippen molar-refractivity contribution < 1.29 is 4.79 Å². The Hall–Kier alpha value is -3.73. The third kappa shape index (κ3) is 4.06. The number of nitrogen functional groups attached to an aromatic ring is 1. The van der Waals surface area contributed by atoms with E-state index in [1.807, 2.05) is 44.2 Å². The number of ketones is 1. The van der Waals surface area contributed by atoms with Crippen molar-refractivity contribution in [2.45, 2.75) is 25.4 Å². The number of rotatable bonds is 7. The Bertz CT molecular complexity index is 1410. The number of anilines is 1. The Morgan fingerprint density at radius 2 is 1.94 bits per heavy atom. The van der Waals surface area contributed by atoms with Gasteiger partial charge < -0.3 is 5.73 Å². The van der Waals surface area contributed by atoms with Crippen LogP contribution < -0.4 is 17.0 Å². The number of benzene rings is 1. The lowest BCUT2D eigenvalue weighted by molar-refractivity contribution is 0.102. The molecule has 0 radical (unpaired) electrons. The van der Waals surface area contributed by atoms with E-state index < -0.39 is 17.0 Å². The van der Waals surface area contributed by atoms with E-state index >= 15 is 0 Å². The number of carbonyl (C=O) groups excluding carboxylic acids is 1. The van der Waals surface area contributed by atoms with Gasteiger partial charge in [-0.1, -0.05) is 43.8 Å². The van der Waals surface area contributed by atoms with E-state index in [4.69, 9.17) is 5.73 Å². The van der Waals surface area contributed by atoms with Crippen molar-refractivity contribution >= 4 is 34.4 Å². The van der Waals surface area contributed by atoms with Crippen LogP contribution in [0.3, 0.4) is 0 Å². The summed E-state index contributed by atoms with van der Waals surface area (Å²) in [5, 5.41) is 5.62. The van der Waals surface area contributed by atoms with Crippen LogP contribution in [0.2, 0.25) is 0 Å². The maximum Gasteiger partial charge on any atom is 0.329 e. The fourth-order valence-corrected chi connectivity index (χ4v) is 4.14. The quantitative estimate of drug-likeness (QED) is 0.246. The Morgan fingerprint density at radius 3 is 2.66 bits per heavy atom. The van der Waals surface area contributed by atoms with Crippen LogP contribution in [0.5, 0.6) is 0 Å². The molecule has 0 amide bonds. The third-order valence-electron chi connectivity index (χ3n) is 4.74. The highest BCUT2D eigenvalue weighted by atomic mass is 32.2. The standard InChI is InChI=1S/C21H21N7O3S/c1-12(2)9-27-17(22)16(19(30)26-21(27)31)15(29)10-32-20-14-8-25-28(18(14)23-11-24-20)13-6-4-3-5-7-13/h3-8,11-12H,9-10,22H2,1-2H3,(H,26,30,31). The summed E-state index contributed by atoms with van der Waals surface area (Å²) >= 11 is 1.15. The maximum atomic E-state index is 12.9. The van der Waals surface area contributed by atoms with E-state index in [-0.39, 0.29) is 23.1 Å². The van der Waals surface area contributed by atoms with E-state index in [9.17, 15) is 14.4 Å². The lowest BCUT2D eigenvalue weighted by atomic mass is 10.2. The van der Waals surface area contributed by atoms with Crippen LogP contribution in [-0.2, 0) is 6.54 Å². The van der Waals surface area contributed by atoms with Gasteiger partial charge in [0.15, 0.2) is 11.4 Å². The number of nitrogens with one attached hydrogen (secondary N) is 1. The van der Waals surface area contributed by atoms with Gasteiger partial charge in [0, 0.05) is 6.54 Å². The number of para-hydroxylation sites is 1. The number of carbonyl (C=O) groups is 1. The number of hydrogen-bond acceptors (Lipinski definition) is 8. The predicted molar refractivity (Wildman–Crippen MR) is 122 cm³/mol. The summed E-state index contributed by atoms with van der Waals surface area (Å²) in [6, 6.07) is 9.53. The molecule has 4 rings (SSSR count). The molecular weight excluding hydrogens is 430 g/mol.